The summed E-state index contributed by atoms with van der Waals surface area (Å²) in [5, 5.41) is 15.2. The van der Waals surface area contributed by atoms with E-state index in [1.54, 1.807) is 19.2 Å². The van der Waals surface area contributed by atoms with Crippen molar-refractivity contribution in [1.82, 2.24) is 10.2 Å². The zero-order valence-corrected chi connectivity index (χ0v) is 15.5. The number of hydrogen-bond acceptors (Lipinski definition) is 6. The quantitative estimate of drug-likeness (QED) is 0.868. The van der Waals surface area contributed by atoms with Crippen LogP contribution in [0.15, 0.2) is 24.3 Å². The Bertz CT molecular complexity index is 725. The number of anilines is 3. The van der Waals surface area contributed by atoms with Crippen LogP contribution in [0.3, 0.4) is 0 Å². The molecule has 0 spiro atoms. The number of amides is 2. The number of aromatic nitrogens is 2. The van der Waals surface area contributed by atoms with E-state index in [1.807, 2.05) is 12.1 Å². The number of methoxy groups -OCH3 is 1. The first-order valence-corrected chi connectivity index (χ1v) is 9.16. The molecule has 0 saturated carbocycles. The molecule has 0 aliphatic carbocycles. The van der Waals surface area contributed by atoms with Crippen molar-refractivity contribution in [2.75, 3.05) is 35.7 Å². The Kier molecular flexibility index (Phi) is 5.37. The van der Waals surface area contributed by atoms with Crippen LogP contribution in [0, 0.1) is 11.8 Å². The van der Waals surface area contributed by atoms with Crippen molar-refractivity contribution in [3.05, 3.63) is 24.3 Å². The molecule has 2 heterocycles. The number of benzene rings is 1. The number of ether oxygens (including phenoxy) is 1. The summed E-state index contributed by atoms with van der Waals surface area (Å²) >= 11 is 1.39. The molecule has 1 saturated heterocycles. The number of carbonyl (C=O) groups is 1. The second-order valence-electron chi connectivity index (χ2n) is 6.52. The zero-order valence-electron chi connectivity index (χ0n) is 14.7. The molecule has 3 rings (SSSR count). The van der Waals surface area contributed by atoms with Crippen LogP contribution in [0.1, 0.15) is 20.3 Å². The minimum absolute atomic E-state index is 0.368. The van der Waals surface area contributed by atoms with Gasteiger partial charge in [0.25, 0.3) is 0 Å². The maximum atomic E-state index is 12.2. The van der Waals surface area contributed by atoms with Gasteiger partial charge in [0, 0.05) is 13.1 Å². The molecule has 0 bridgehead atoms. The number of urea groups is 1. The highest BCUT2D eigenvalue weighted by atomic mass is 32.1. The normalized spacial score (nSPS) is 20.2. The molecule has 1 aromatic carbocycles. The third-order valence-corrected chi connectivity index (χ3v) is 5.03. The number of rotatable bonds is 4. The van der Waals surface area contributed by atoms with Crippen molar-refractivity contribution < 1.29 is 9.53 Å². The van der Waals surface area contributed by atoms with Gasteiger partial charge in [-0.3, -0.25) is 5.32 Å². The molecule has 0 unspecified atom stereocenters. The fourth-order valence-corrected chi connectivity index (χ4v) is 3.97. The van der Waals surface area contributed by atoms with E-state index in [9.17, 15) is 4.79 Å². The number of nitrogens with one attached hydrogen (secondary N) is 2. The summed E-state index contributed by atoms with van der Waals surface area (Å²) in [6, 6.07) is 6.88. The van der Waals surface area contributed by atoms with Gasteiger partial charge < -0.3 is 15.0 Å². The van der Waals surface area contributed by atoms with Crippen molar-refractivity contribution in [1.29, 1.82) is 0 Å². The molecule has 2 amide bonds. The molecule has 8 heteroatoms. The number of hydrogen-bond donors (Lipinski definition) is 2. The van der Waals surface area contributed by atoms with Crippen molar-refractivity contribution in [3.8, 4) is 5.75 Å². The summed E-state index contributed by atoms with van der Waals surface area (Å²) in [5.74, 6) is 1.88. The summed E-state index contributed by atoms with van der Waals surface area (Å²) in [6.45, 7) is 6.46. The van der Waals surface area contributed by atoms with Crippen LogP contribution >= 0.6 is 11.3 Å². The molecule has 7 nitrogen and oxygen atoms in total. The molecule has 2 atom stereocenters. The first kappa shape index (κ1) is 17.5. The highest BCUT2D eigenvalue weighted by Gasteiger charge is 2.24. The largest absolute Gasteiger partial charge is 0.495 e. The van der Waals surface area contributed by atoms with Gasteiger partial charge in [0.1, 0.15) is 5.75 Å². The van der Waals surface area contributed by atoms with Gasteiger partial charge in [-0.1, -0.05) is 37.3 Å². The van der Waals surface area contributed by atoms with Gasteiger partial charge in [0.05, 0.1) is 12.8 Å². The molecule has 0 radical (unpaired) electrons. The highest BCUT2D eigenvalue weighted by molar-refractivity contribution is 7.19. The Morgan fingerprint density at radius 3 is 2.64 bits per heavy atom. The van der Waals surface area contributed by atoms with Gasteiger partial charge in [-0.2, -0.15) is 0 Å². The summed E-state index contributed by atoms with van der Waals surface area (Å²) < 4.78 is 5.23. The van der Waals surface area contributed by atoms with Gasteiger partial charge in [0.15, 0.2) is 0 Å². The Balaban J connectivity index is 1.62. The molecule has 25 heavy (non-hydrogen) atoms. The number of carbonyl (C=O) groups excluding carboxylic acids is 1. The lowest BCUT2D eigenvalue weighted by Crippen LogP contribution is -2.38. The molecular weight excluding hydrogens is 338 g/mol. The van der Waals surface area contributed by atoms with Gasteiger partial charge in [0.2, 0.25) is 10.3 Å². The maximum Gasteiger partial charge on any atom is 0.325 e. The van der Waals surface area contributed by atoms with Gasteiger partial charge in [-0.15, -0.1) is 10.2 Å². The number of nitrogens with zero attached hydrogens (tertiary/aromatic N) is 3. The average Bonchev–Trinajstić information content (AvgIpc) is 3.03. The Hall–Kier alpha value is -2.35. The van der Waals surface area contributed by atoms with Crippen LogP contribution in [0.4, 0.5) is 20.7 Å². The smallest absolute Gasteiger partial charge is 0.325 e. The summed E-state index contributed by atoms with van der Waals surface area (Å²) in [4.78, 5) is 14.4. The van der Waals surface area contributed by atoms with E-state index in [2.05, 4.69) is 39.6 Å². The monoisotopic (exact) mass is 361 g/mol. The second kappa shape index (κ2) is 7.69. The lowest BCUT2D eigenvalue weighted by Gasteiger charge is -2.34. The third kappa shape index (κ3) is 4.39. The van der Waals surface area contributed by atoms with Gasteiger partial charge in [-0.05, 0) is 30.4 Å². The second-order valence-corrected chi connectivity index (χ2v) is 7.48. The van der Waals surface area contributed by atoms with Crippen molar-refractivity contribution in [3.63, 3.8) is 0 Å². The van der Waals surface area contributed by atoms with Gasteiger partial charge >= 0.3 is 6.03 Å². The molecule has 134 valence electrons. The van der Waals surface area contributed by atoms with E-state index in [-0.39, 0.29) is 6.03 Å². The molecule has 2 aromatic rings. The topological polar surface area (TPSA) is 79.4 Å². The number of piperidine rings is 1. The lowest BCUT2D eigenvalue weighted by atomic mass is 9.92. The fourth-order valence-electron chi connectivity index (χ4n) is 3.21. The fraction of sp³-hybridized carbons (Fsp3) is 0.471. The predicted molar refractivity (Wildman–Crippen MR) is 101 cm³/mol. The molecule has 2 N–H and O–H groups in total. The minimum Gasteiger partial charge on any atom is -0.495 e. The summed E-state index contributed by atoms with van der Waals surface area (Å²) in [6.07, 6.45) is 1.24. The highest BCUT2D eigenvalue weighted by Crippen LogP contribution is 2.30. The molecular formula is C17H23N5O2S. The van der Waals surface area contributed by atoms with Gasteiger partial charge in [-0.25, -0.2) is 4.79 Å². The predicted octanol–water partition coefficient (Wildman–Crippen LogP) is 3.67. The SMILES string of the molecule is COc1ccccc1NC(=O)Nc1nnc(N2C[C@H](C)C[C@@H](C)C2)s1. The van der Waals surface area contributed by atoms with E-state index in [0.717, 1.165) is 18.2 Å². The zero-order chi connectivity index (χ0) is 17.8. The van der Waals surface area contributed by atoms with E-state index >= 15 is 0 Å². The molecule has 1 aromatic heterocycles. The molecule has 1 fully saturated rings. The molecule has 1 aliphatic heterocycles. The van der Waals surface area contributed by atoms with Crippen LogP contribution in [-0.2, 0) is 0 Å². The van der Waals surface area contributed by atoms with E-state index < -0.39 is 0 Å². The minimum atomic E-state index is -0.368. The Morgan fingerprint density at radius 1 is 1.20 bits per heavy atom. The van der Waals surface area contributed by atoms with Crippen LogP contribution < -0.4 is 20.3 Å². The van der Waals surface area contributed by atoms with Crippen molar-refractivity contribution in [2.45, 2.75) is 20.3 Å². The summed E-state index contributed by atoms with van der Waals surface area (Å²) in [5.41, 5.74) is 0.603. The average molecular weight is 361 g/mol. The molecule has 1 aliphatic rings. The lowest BCUT2D eigenvalue weighted by molar-refractivity contribution is 0.262. The standard InChI is InChI=1S/C17H23N5O2S/c1-11-8-12(2)10-22(9-11)17-21-20-16(25-17)19-15(23)18-13-6-4-5-7-14(13)24-3/h4-7,11-12H,8-10H2,1-3H3,(H2,18,19,20,23)/t11-,12-/m1/s1. The first-order valence-electron chi connectivity index (χ1n) is 8.34. The van der Waals surface area contributed by atoms with Crippen molar-refractivity contribution >= 4 is 33.3 Å². The van der Waals surface area contributed by atoms with Crippen LogP contribution in [0.2, 0.25) is 0 Å². The van der Waals surface area contributed by atoms with Crippen molar-refractivity contribution in [2.24, 2.45) is 11.8 Å². The Morgan fingerprint density at radius 2 is 1.92 bits per heavy atom. The van der Waals surface area contributed by atoms with Crippen LogP contribution in [0.5, 0.6) is 5.75 Å². The first-order chi connectivity index (χ1) is 12.0. The van der Waals surface area contributed by atoms with E-state index in [4.69, 9.17) is 4.74 Å². The van der Waals surface area contributed by atoms with E-state index in [1.165, 1.54) is 17.8 Å². The summed E-state index contributed by atoms with van der Waals surface area (Å²) in [7, 11) is 1.57. The van der Waals surface area contributed by atoms with E-state index in [0.29, 0.717) is 28.4 Å². The Labute approximate surface area is 151 Å². The third-order valence-electron chi connectivity index (χ3n) is 4.13. The van der Waals surface area contributed by atoms with Crippen LogP contribution in [-0.4, -0.2) is 36.4 Å². The number of para-hydroxylation sites is 2. The van der Waals surface area contributed by atoms with Crippen LogP contribution in [0.25, 0.3) is 0 Å². The maximum absolute atomic E-state index is 12.2.